The number of rotatable bonds is 6. The Bertz CT molecular complexity index is 929. The molecule has 0 atom stereocenters. The molecule has 27 heavy (non-hydrogen) atoms. The third kappa shape index (κ3) is 4.11. The van der Waals surface area contributed by atoms with Gasteiger partial charge in [-0.1, -0.05) is 44.2 Å². The van der Waals surface area contributed by atoms with Gasteiger partial charge in [0, 0.05) is 29.9 Å². The lowest BCUT2D eigenvalue weighted by molar-refractivity contribution is 0.174. The number of nitrogens with zero attached hydrogens (tertiary/aromatic N) is 2. The monoisotopic (exact) mass is 362 g/mol. The number of fused-ring (bicyclic) bond motifs is 1. The van der Waals surface area contributed by atoms with Gasteiger partial charge in [0.05, 0.1) is 0 Å². The minimum absolute atomic E-state index is 0.258. The molecule has 0 radical (unpaired) electrons. The van der Waals surface area contributed by atoms with Gasteiger partial charge in [-0.3, -0.25) is 0 Å². The Balaban J connectivity index is 1.65. The van der Waals surface area contributed by atoms with Crippen molar-refractivity contribution in [2.24, 2.45) is 5.92 Å². The van der Waals surface area contributed by atoms with Crippen molar-refractivity contribution in [3.63, 3.8) is 0 Å². The van der Waals surface area contributed by atoms with E-state index in [0.717, 1.165) is 35.1 Å². The first-order valence-corrected chi connectivity index (χ1v) is 9.02. The molecule has 6 heteroatoms. The van der Waals surface area contributed by atoms with Crippen LogP contribution in [0.25, 0.3) is 11.4 Å². The first-order valence-electron chi connectivity index (χ1n) is 9.02. The van der Waals surface area contributed by atoms with Crippen molar-refractivity contribution >= 4 is 17.3 Å². The summed E-state index contributed by atoms with van der Waals surface area (Å²) in [6.07, 6.45) is 0. The molecule has 4 rings (SSSR count). The molecule has 2 heterocycles. The standard InChI is InChI=1S/C21H22N4O2/c1-14(2)12-22-19-11-20(25-21(24-19)15-6-4-3-5-7-15)23-16-8-9-17-18(10-16)27-13-26-17/h3-11,14H,12-13H2,1-2H3,(H2,22,23,24,25). The molecule has 0 unspecified atom stereocenters. The van der Waals surface area contributed by atoms with Crippen LogP contribution in [0.2, 0.25) is 0 Å². The predicted molar refractivity (Wildman–Crippen MR) is 107 cm³/mol. The van der Waals surface area contributed by atoms with Gasteiger partial charge in [-0.2, -0.15) is 0 Å². The predicted octanol–water partition coefficient (Wildman–Crippen LogP) is 4.68. The van der Waals surface area contributed by atoms with Gasteiger partial charge in [-0.05, 0) is 18.1 Å². The van der Waals surface area contributed by atoms with Gasteiger partial charge in [0.25, 0.3) is 0 Å². The van der Waals surface area contributed by atoms with Crippen LogP contribution in [0.5, 0.6) is 11.5 Å². The third-order valence-electron chi connectivity index (χ3n) is 4.09. The maximum atomic E-state index is 5.45. The van der Waals surface area contributed by atoms with E-state index in [4.69, 9.17) is 9.47 Å². The van der Waals surface area contributed by atoms with E-state index in [9.17, 15) is 0 Å². The van der Waals surface area contributed by atoms with E-state index in [2.05, 4.69) is 34.4 Å². The van der Waals surface area contributed by atoms with Crippen LogP contribution in [0.1, 0.15) is 13.8 Å². The van der Waals surface area contributed by atoms with Crippen LogP contribution in [-0.4, -0.2) is 23.3 Å². The van der Waals surface area contributed by atoms with E-state index in [1.54, 1.807) is 0 Å². The topological polar surface area (TPSA) is 68.3 Å². The van der Waals surface area contributed by atoms with E-state index in [0.29, 0.717) is 17.6 Å². The van der Waals surface area contributed by atoms with E-state index in [1.165, 1.54) is 0 Å². The molecule has 2 aromatic carbocycles. The van der Waals surface area contributed by atoms with Crippen molar-refractivity contribution in [1.29, 1.82) is 0 Å². The van der Waals surface area contributed by atoms with Gasteiger partial charge in [0.15, 0.2) is 17.3 Å². The zero-order valence-corrected chi connectivity index (χ0v) is 15.4. The summed E-state index contributed by atoms with van der Waals surface area (Å²) in [7, 11) is 0. The van der Waals surface area contributed by atoms with Gasteiger partial charge < -0.3 is 20.1 Å². The number of aromatic nitrogens is 2. The molecule has 0 bridgehead atoms. The lowest BCUT2D eigenvalue weighted by Crippen LogP contribution is -2.10. The lowest BCUT2D eigenvalue weighted by Gasteiger charge is -2.13. The van der Waals surface area contributed by atoms with Gasteiger partial charge in [-0.15, -0.1) is 0 Å². The molecule has 0 saturated heterocycles. The molecule has 3 aromatic rings. The van der Waals surface area contributed by atoms with Crippen LogP contribution in [0.15, 0.2) is 54.6 Å². The Labute approximate surface area is 158 Å². The quantitative estimate of drug-likeness (QED) is 0.663. The molecular formula is C21H22N4O2. The van der Waals surface area contributed by atoms with Crippen LogP contribution >= 0.6 is 0 Å². The molecule has 0 amide bonds. The Kier molecular flexibility index (Phi) is 4.78. The summed E-state index contributed by atoms with van der Waals surface area (Å²) < 4.78 is 10.8. The minimum Gasteiger partial charge on any atom is -0.454 e. The summed E-state index contributed by atoms with van der Waals surface area (Å²) in [5, 5.41) is 6.73. The molecule has 0 aliphatic carbocycles. The summed E-state index contributed by atoms with van der Waals surface area (Å²) in [5.74, 6) is 4.19. The maximum Gasteiger partial charge on any atom is 0.231 e. The van der Waals surface area contributed by atoms with Gasteiger partial charge in [-0.25, -0.2) is 9.97 Å². The molecule has 0 spiro atoms. The summed E-state index contributed by atoms with van der Waals surface area (Å²) in [6.45, 7) is 5.43. The second-order valence-electron chi connectivity index (χ2n) is 6.80. The van der Waals surface area contributed by atoms with Crippen LogP contribution in [0.3, 0.4) is 0 Å². The van der Waals surface area contributed by atoms with Crippen LogP contribution in [0.4, 0.5) is 17.3 Å². The fourth-order valence-corrected chi connectivity index (χ4v) is 2.75. The molecule has 1 aliphatic rings. The SMILES string of the molecule is CC(C)CNc1cc(Nc2ccc3c(c2)OCO3)nc(-c2ccccc2)n1. The van der Waals surface area contributed by atoms with Crippen molar-refractivity contribution < 1.29 is 9.47 Å². The van der Waals surface area contributed by atoms with E-state index < -0.39 is 0 Å². The van der Waals surface area contributed by atoms with E-state index >= 15 is 0 Å². The molecule has 2 N–H and O–H groups in total. The second kappa shape index (κ2) is 7.53. The first kappa shape index (κ1) is 17.1. The average molecular weight is 362 g/mol. The maximum absolute atomic E-state index is 5.45. The van der Waals surface area contributed by atoms with Gasteiger partial charge in [0.2, 0.25) is 6.79 Å². The third-order valence-corrected chi connectivity index (χ3v) is 4.09. The lowest BCUT2D eigenvalue weighted by atomic mass is 10.2. The summed E-state index contributed by atoms with van der Waals surface area (Å²) >= 11 is 0. The normalized spacial score (nSPS) is 12.3. The highest BCUT2D eigenvalue weighted by molar-refractivity contribution is 5.67. The van der Waals surface area contributed by atoms with Gasteiger partial charge >= 0.3 is 0 Å². The number of anilines is 3. The molecule has 6 nitrogen and oxygen atoms in total. The smallest absolute Gasteiger partial charge is 0.231 e. The fraction of sp³-hybridized carbons (Fsp3) is 0.238. The zero-order valence-electron chi connectivity index (χ0n) is 15.4. The highest BCUT2D eigenvalue weighted by Crippen LogP contribution is 2.35. The number of benzene rings is 2. The molecule has 1 aromatic heterocycles. The first-order chi connectivity index (χ1) is 13.2. The summed E-state index contributed by atoms with van der Waals surface area (Å²) in [4.78, 5) is 9.35. The van der Waals surface area contributed by atoms with Crippen LogP contribution in [-0.2, 0) is 0 Å². The molecule has 138 valence electrons. The Hall–Kier alpha value is -3.28. The average Bonchev–Trinajstić information content (AvgIpc) is 3.15. The van der Waals surface area contributed by atoms with Crippen LogP contribution in [0, 0.1) is 5.92 Å². The van der Waals surface area contributed by atoms with Crippen LogP contribution < -0.4 is 20.1 Å². The molecule has 0 saturated carbocycles. The van der Waals surface area contributed by atoms with Crippen molar-refractivity contribution in [3.8, 4) is 22.9 Å². The Morgan fingerprint density at radius 1 is 0.926 bits per heavy atom. The summed E-state index contributed by atoms with van der Waals surface area (Å²) in [6, 6.07) is 17.6. The van der Waals surface area contributed by atoms with Crippen molar-refractivity contribution in [2.75, 3.05) is 24.0 Å². The Morgan fingerprint density at radius 2 is 1.70 bits per heavy atom. The largest absolute Gasteiger partial charge is 0.454 e. The highest BCUT2D eigenvalue weighted by Gasteiger charge is 2.14. The second-order valence-corrected chi connectivity index (χ2v) is 6.80. The minimum atomic E-state index is 0.258. The number of hydrogen-bond donors (Lipinski definition) is 2. The van der Waals surface area contributed by atoms with Gasteiger partial charge in [0.1, 0.15) is 11.6 Å². The molecular weight excluding hydrogens is 340 g/mol. The van der Waals surface area contributed by atoms with Crippen molar-refractivity contribution in [1.82, 2.24) is 9.97 Å². The zero-order chi connectivity index (χ0) is 18.6. The molecule has 0 fully saturated rings. The molecule has 1 aliphatic heterocycles. The number of nitrogens with one attached hydrogen (secondary N) is 2. The van der Waals surface area contributed by atoms with E-state index in [-0.39, 0.29) is 6.79 Å². The van der Waals surface area contributed by atoms with Crippen molar-refractivity contribution in [2.45, 2.75) is 13.8 Å². The summed E-state index contributed by atoms with van der Waals surface area (Å²) in [5.41, 5.74) is 1.85. The fourth-order valence-electron chi connectivity index (χ4n) is 2.75. The number of ether oxygens (including phenoxy) is 2. The van der Waals surface area contributed by atoms with E-state index in [1.807, 2.05) is 54.6 Å². The number of hydrogen-bond acceptors (Lipinski definition) is 6. The highest BCUT2D eigenvalue weighted by atomic mass is 16.7. The van der Waals surface area contributed by atoms with Crippen molar-refractivity contribution in [3.05, 3.63) is 54.6 Å². The Morgan fingerprint density at radius 3 is 2.52 bits per heavy atom.